The van der Waals surface area contributed by atoms with Crippen LogP contribution in [0.25, 0.3) is 21.3 Å². The van der Waals surface area contributed by atoms with Gasteiger partial charge < -0.3 is 61.4 Å². The zero-order valence-corrected chi connectivity index (χ0v) is 61.1. The number of anilines is 5. The van der Waals surface area contributed by atoms with Crippen LogP contribution in [0.2, 0.25) is 0 Å². The predicted octanol–water partition coefficient (Wildman–Crippen LogP) is 9.72. The van der Waals surface area contributed by atoms with E-state index in [2.05, 4.69) is 75.3 Å². The van der Waals surface area contributed by atoms with Crippen LogP contribution in [0.15, 0.2) is 72.9 Å². The number of aromatic nitrogens is 6. The Morgan fingerprint density at radius 2 is 1.52 bits per heavy atom. The molecule has 4 atom stereocenters. The SMILES string of the molecule is Cc1ccc2sc(Nc3nnc4c(c3C)CCCN4c3ccc(-c4cnn(CC56CC7(C)CC(C)(C5)CC(OCC[N+]5(Cc8ccc(NC(=O)[C@H](CCCNC(N)=O)NC(=O)[C@@H](NC(=O)CCOCCN9C(=O)C=CC9=O)C(C)C)cc8)CCCC5)(C7)C6)c4C)c(C(=O)O)n3)nc2c1.O=C(O)C(F)(F)F. The highest BCUT2D eigenvalue weighted by Gasteiger charge is 2.66. The van der Waals surface area contributed by atoms with Gasteiger partial charge in [-0.3, -0.25) is 33.6 Å². The first kappa shape index (κ1) is 76.7. The summed E-state index contributed by atoms with van der Waals surface area (Å²) in [5.41, 5.74) is 13.0. The number of rotatable bonds is 29. The highest BCUT2D eigenvalue weighted by molar-refractivity contribution is 7.22. The number of quaternary nitrogens is 1. The number of pyridine rings is 1. The molecule has 562 valence electrons. The van der Waals surface area contributed by atoms with E-state index in [4.69, 9.17) is 45.3 Å². The van der Waals surface area contributed by atoms with E-state index in [0.717, 1.165) is 149 Å². The van der Waals surface area contributed by atoms with E-state index in [0.29, 0.717) is 54.8 Å². The number of fused-ring (bicyclic) bond motifs is 2. The van der Waals surface area contributed by atoms with Gasteiger partial charge in [0.25, 0.3) is 11.8 Å². The van der Waals surface area contributed by atoms with Crippen molar-refractivity contribution in [3.63, 3.8) is 0 Å². The number of carbonyl (C=O) groups is 8. The van der Waals surface area contributed by atoms with Gasteiger partial charge >= 0.3 is 24.1 Å². The molecule has 0 radical (unpaired) electrons. The molecule has 6 aromatic rings. The van der Waals surface area contributed by atoms with E-state index in [-0.39, 0.29) is 72.6 Å². The van der Waals surface area contributed by atoms with Gasteiger partial charge in [-0.05, 0) is 149 Å². The van der Waals surface area contributed by atoms with Crippen molar-refractivity contribution in [1.82, 2.24) is 50.8 Å². The fraction of sp³-hybridized carbons (Fsp3) is 0.527. The van der Waals surface area contributed by atoms with E-state index in [9.17, 15) is 51.8 Å². The number of carboxylic acid groups (broad SMARTS) is 2. The van der Waals surface area contributed by atoms with Gasteiger partial charge in [0.2, 0.25) is 17.7 Å². The van der Waals surface area contributed by atoms with Crippen LogP contribution in [-0.4, -0.2) is 180 Å². The highest BCUT2D eigenvalue weighted by atomic mass is 32.1. The molecule has 4 saturated carbocycles. The lowest BCUT2D eigenvalue weighted by Gasteiger charge is -2.69. The molecular formula is C74H93F3N15O12S+. The molecule has 1 saturated heterocycles. The van der Waals surface area contributed by atoms with Crippen LogP contribution in [0.3, 0.4) is 0 Å². The van der Waals surface area contributed by atoms with E-state index in [1.165, 1.54) is 12.2 Å². The minimum absolute atomic E-state index is 0.00696. The highest BCUT2D eigenvalue weighted by Crippen LogP contribution is 2.72. The Balaban J connectivity index is 0.00000150. The second-order valence-electron chi connectivity index (χ2n) is 30.4. The summed E-state index contributed by atoms with van der Waals surface area (Å²) in [5, 5.41) is 47.6. The Morgan fingerprint density at radius 1 is 0.819 bits per heavy atom. The number of imide groups is 1. The van der Waals surface area contributed by atoms with Crippen molar-refractivity contribution in [2.24, 2.45) is 27.9 Å². The number of alkyl halides is 3. The standard InChI is InChI=1S/C72H91N15O10S.C2HF3O2/c1-44(2)60(80-57(88)24-31-96-32-27-85-58(89)22-23-59(85)90)65(92)77-53(13-10-25-74-67(73)95)64(91)76-49-17-15-48(16-18-49)36-87(28-8-9-29-87)30-33-97-72-40-69(6)37-70(7,41-72)39-71(38-69,42-72)43-86-47(5)52(35-75-86)51-19-21-56(79-61(51)66(93)94)84-26-11-12-50-46(4)62(82-83-63(50)84)81-68-78-54-34-45(3)14-20-55(54)98-68;3-2(4,5)1(6)7/h14-23,34-35,44,53,60H,8-13,24-33,36-43H2,1-7H3,(H7-,73,74,76,77,78,80,81,82,88,91,92,93,94,95);(H,6,7)/p+1/t53-,60-,69?,70?,71?,72?;/m0./s1. The second kappa shape index (κ2) is 31.3. The third kappa shape index (κ3) is 18.1. The van der Waals surface area contributed by atoms with Crippen molar-refractivity contribution in [3.05, 3.63) is 107 Å². The largest absolute Gasteiger partial charge is 0.490 e. The number of thiazole rings is 1. The van der Waals surface area contributed by atoms with E-state index in [1.54, 1.807) is 25.2 Å². The normalized spacial score (nSPS) is 22.0. The Morgan fingerprint density at radius 3 is 2.19 bits per heavy atom. The number of primary amides is 1. The number of carbonyl (C=O) groups excluding carboxylic acids is 6. The van der Waals surface area contributed by atoms with Gasteiger partial charge in [0.15, 0.2) is 22.5 Å². The molecule has 9 N–H and O–H groups in total. The molecule has 13 rings (SSSR count). The Bertz CT molecular complexity index is 4290. The molecule has 7 heterocycles. The molecule has 31 heteroatoms. The molecule has 3 aliphatic heterocycles. The average Bonchev–Trinajstić information content (AvgIpc) is 0.765. The van der Waals surface area contributed by atoms with Gasteiger partial charge in [-0.15, -0.1) is 10.2 Å². The van der Waals surface area contributed by atoms with E-state index < -0.39 is 65.8 Å². The van der Waals surface area contributed by atoms with Crippen LogP contribution in [0.5, 0.6) is 0 Å². The molecule has 0 spiro atoms. The fourth-order valence-electron chi connectivity index (χ4n) is 17.6. The van der Waals surface area contributed by atoms with Crippen LogP contribution in [-0.2, 0) is 57.8 Å². The zero-order chi connectivity index (χ0) is 75.4. The van der Waals surface area contributed by atoms with Crippen molar-refractivity contribution in [2.45, 2.75) is 169 Å². The zero-order valence-electron chi connectivity index (χ0n) is 60.3. The maximum Gasteiger partial charge on any atom is 0.490 e. The molecule has 4 aliphatic carbocycles. The summed E-state index contributed by atoms with van der Waals surface area (Å²) in [4.78, 5) is 111. The van der Waals surface area contributed by atoms with Gasteiger partial charge in [-0.25, -0.2) is 24.4 Å². The first-order valence-corrected chi connectivity index (χ1v) is 36.5. The summed E-state index contributed by atoms with van der Waals surface area (Å²) in [6.07, 6.45) is 9.62. The number of urea groups is 1. The number of hydrogen-bond donors (Lipinski definition) is 8. The van der Waals surface area contributed by atoms with Crippen LogP contribution >= 0.6 is 11.3 Å². The number of nitrogens with two attached hydrogens (primary N) is 1. The monoisotopic (exact) mass is 1470 g/mol. The topological polar surface area (TPSA) is 358 Å². The third-order valence-corrected chi connectivity index (χ3v) is 22.2. The predicted molar refractivity (Wildman–Crippen MR) is 385 cm³/mol. The quantitative estimate of drug-likeness (QED) is 0.0123. The van der Waals surface area contributed by atoms with Crippen LogP contribution in [0, 0.1) is 42.9 Å². The Kier molecular flexibility index (Phi) is 22.9. The lowest BCUT2D eigenvalue weighted by atomic mass is 9.39. The number of amides is 7. The summed E-state index contributed by atoms with van der Waals surface area (Å²) in [7, 11) is 0. The molecule has 2 aromatic carbocycles. The second-order valence-corrected chi connectivity index (χ2v) is 31.4. The average molecular weight is 1470 g/mol. The minimum Gasteiger partial charge on any atom is -0.476 e. The molecule has 4 bridgehead atoms. The number of nitrogens with zero attached hydrogens (tertiary/aromatic N) is 9. The maximum absolute atomic E-state index is 14.0. The first-order valence-electron chi connectivity index (χ1n) is 35.7. The lowest BCUT2D eigenvalue weighted by Crippen LogP contribution is -2.64. The Hall–Kier alpha value is -9.46. The Labute approximate surface area is 610 Å². The fourth-order valence-corrected chi connectivity index (χ4v) is 18.4. The van der Waals surface area contributed by atoms with Crippen molar-refractivity contribution in [1.29, 1.82) is 0 Å². The number of ether oxygens (including phenoxy) is 2. The van der Waals surface area contributed by atoms with Gasteiger partial charge in [0.1, 0.15) is 31.0 Å². The molecule has 7 aliphatic rings. The van der Waals surface area contributed by atoms with Gasteiger partial charge in [0, 0.05) is 90.2 Å². The summed E-state index contributed by atoms with van der Waals surface area (Å²) in [5.74, 6) is -4.72. The summed E-state index contributed by atoms with van der Waals surface area (Å²) < 4.78 is 48.7. The van der Waals surface area contributed by atoms with Crippen molar-refractivity contribution in [2.75, 3.05) is 74.6 Å². The van der Waals surface area contributed by atoms with Crippen LogP contribution < -0.4 is 37.2 Å². The van der Waals surface area contributed by atoms with Gasteiger partial charge in [-0.2, -0.15) is 18.3 Å². The summed E-state index contributed by atoms with van der Waals surface area (Å²) in [6.45, 7) is 20.5. The number of carboxylic acids is 2. The van der Waals surface area contributed by atoms with Crippen molar-refractivity contribution >= 4 is 97.3 Å². The minimum atomic E-state index is -5.08. The molecule has 5 fully saturated rings. The number of halogens is 3. The number of aromatic carboxylic acids is 1. The molecule has 4 aromatic heterocycles. The van der Waals surface area contributed by atoms with E-state index in [1.807, 2.05) is 61.3 Å². The number of benzene rings is 2. The lowest BCUT2D eigenvalue weighted by molar-refractivity contribution is -0.930. The first-order chi connectivity index (χ1) is 49.7. The van der Waals surface area contributed by atoms with Crippen LogP contribution in [0.4, 0.5) is 46.2 Å². The molecule has 7 amide bonds. The summed E-state index contributed by atoms with van der Waals surface area (Å²) >= 11 is 1.57. The molecular weight excluding hydrogens is 1380 g/mol. The third-order valence-electron chi connectivity index (χ3n) is 21.2. The maximum atomic E-state index is 14.0. The number of nitrogens with one attached hydrogen (secondary N) is 5. The number of aryl methyl sites for hydroxylation is 1. The number of hydrogen-bond acceptors (Lipinski definition) is 18. The van der Waals surface area contributed by atoms with Crippen LogP contribution in [0.1, 0.15) is 143 Å². The summed E-state index contributed by atoms with van der Waals surface area (Å²) in [6, 6.07) is 15.1. The molecule has 105 heavy (non-hydrogen) atoms. The molecule has 27 nitrogen and oxygen atoms in total. The smallest absolute Gasteiger partial charge is 0.476 e. The van der Waals surface area contributed by atoms with Crippen molar-refractivity contribution in [3.8, 4) is 11.1 Å². The van der Waals surface area contributed by atoms with Gasteiger partial charge in [-0.1, -0.05) is 57.2 Å². The number of aliphatic carboxylic acids is 1. The van der Waals surface area contributed by atoms with Gasteiger partial charge in [0.05, 0.1) is 61.5 Å². The van der Waals surface area contributed by atoms with Crippen molar-refractivity contribution < 1.29 is 75.7 Å². The molecule has 2 unspecified atom stereocenters. The van der Waals surface area contributed by atoms with E-state index >= 15 is 0 Å². The number of likely N-dealkylation sites (tertiary alicyclic amines) is 1.